The van der Waals surface area contributed by atoms with Gasteiger partial charge in [0.15, 0.2) is 6.10 Å². The summed E-state index contributed by atoms with van der Waals surface area (Å²) in [4.78, 5) is 10.9. The second kappa shape index (κ2) is 2.96. The van der Waals surface area contributed by atoms with Gasteiger partial charge in [0.05, 0.1) is 5.56 Å². The maximum absolute atomic E-state index is 12.3. The third kappa shape index (κ3) is 1.56. The Morgan fingerprint density at radius 3 is 2.60 bits per heavy atom. The van der Waals surface area contributed by atoms with Gasteiger partial charge in [-0.3, -0.25) is 4.79 Å². The van der Waals surface area contributed by atoms with Crippen molar-refractivity contribution in [3.8, 4) is 0 Å². The van der Waals surface area contributed by atoms with E-state index < -0.39 is 23.8 Å². The number of benzene rings is 1. The molecule has 0 radical (unpaired) electrons. The number of halogens is 3. The minimum absolute atomic E-state index is 0.0160. The molecule has 1 heterocycles. The molecule has 0 fully saturated rings. The van der Waals surface area contributed by atoms with Crippen molar-refractivity contribution in [2.45, 2.75) is 12.3 Å². The first-order chi connectivity index (χ1) is 6.89. The quantitative estimate of drug-likeness (QED) is 0.694. The molecular weight excluding hydrogens is 211 g/mol. The first-order valence-electron chi connectivity index (χ1n) is 4.09. The zero-order chi connectivity index (χ0) is 11.2. The molecule has 3 nitrogen and oxygen atoms in total. The fourth-order valence-electron chi connectivity index (χ4n) is 1.42. The Hall–Kier alpha value is -1.56. The molecule has 1 unspecified atom stereocenters. The van der Waals surface area contributed by atoms with E-state index in [1.165, 1.54) is 0 Å². The summed E-state index contributed by atoms with van der Waals surface area (Å²) in [5, 5.41) is 11.4. The van der Waals surface area contributed by atoms with E-state index in [2.05, 4.69) is 5.32 Å². The largest absolute Gasteiger partial charge is 0.416 e. The molecule has 2 N–H and O–H groups in total. The highest BCUT2D eigenvalue weighted by Crippen LogP contribution is 2.36. The van der Waals surface area contributed by atoms with Gasteiger partial charge in [0.2, 0.25) is 0 Å². The zero-order valence-electron chi connectivity index (χ0n) is 7.30. The molecule has 1 aromatic carbocycles. The van der Waals surface area contributed by atoms with Gasteiger partial charge in [0.25, 0.3) is 5.91 Å². The Balaban J connectivity index is 2.47. The number of anilines is 1. The molecule has 1 aliphatic rings. The number of carbonyl (C=O) groups is 1. The fourth-order valence-corrected chi connectivity index (χ4v) is 1.42. The molecule has 15 heavy (non-hydrogen) atoms. The lowest BCUT2D eigenvalue weighted by atomic mass is 10.1. The number of rotatable bonds is 0. The monoisotopic (exact) mass is 217 g/mol. The average Bonchev–Trinajstić information content (AvgIpc) is 2.41. The molecular formula is C9H6F3NO2. The minimum Gasteiger partial charge on any atom is -0.378 e. The number of carbonyl (C=O) groups excluding carboxylic acids is 1. The molecule has 0 saturated carbocycles. The predicted octanol–water partition coefficient (Wildman–Crippen LogP) is 1.69. The van der Waals surface area contributed by atoms with Crippen molar-refractivity contribution in [1.29, 1.82) is 0 Å². The van der Waals surface area contributed by atoms with Gasteiger partial charge < -0.3 is 10.4 Å². The molecule has 1 aliphatic heterocycles. The number of aliphatic hydroxyl groups is 1. The second-order valence-corrected chi connectivity index (χ2v) is 3.19. The van der Waals surface area contributed by atoms with E-state index in [0.717, 1.165) is 18.2 Å². The van der Waals surface area contributed by atoms with Crippen LogP contribution >= 0.6 is 0 Å². The lowest BCUT2D eigenvalue weighted by molar-refractivity contribution is -0.137. The van der Waals surface area contributed by atoms with Crippen molar-refractivity contribution in [3.63, 3.8) is 0 Å². The van der Waals surface area contributed by atoms with Crippen LogP contribution in [-0.2, 0) is 11.0 Å². The van der Waals surface area contributed by atoms with Crippen molar-refractivity contribution in [1.82, 2.24) is 0 Å². The second-order valence-electron chi connectivity index (χ2n) is 3.19. The van der Waals surface area contributed by atoms with E-state index in [0.29, 0.717) is 0 Å². The van der Waals surface area contributed by atoms with Crippen LogP contribution < -0.4 is 5.32 Å². The highest BCUT2D eigenvalue weighted by atomic mass is 19.4. The summed E-state index contributed by atoms with van der Waals surface area (Å²) >= 11 is 0. The molecule has 80 valence electrons. The highest BCUT2D eigenvalue weighted by Gasteiger charge is 2.34. The van der Waals surface area contributed by atoms with E-state index in [4.69, 9.17) is 0 Å². The van der Waals surface area contributed by atoms with Crippen LogP contribution in [-0.4, -0.2) is 11.0 Å². The van der Waals surface area contributed by atoms with Gasteiger partial charge in [0.1, 0.15) is 0 Å². The summed E-state index contributed by atoms with van der Waals surface area (Å²) < 4.78 is 36.8. The summed E-state index contributed by atoms with van der Waals surface area (Å²) in [6.07, 6.45) is -5.82. The van der Waals surface area contributed by atoms with Gasteiger partial charge in [-0.2, -0.15) is 13.2 Å². The molecule has 1 atom stereocenters. The number of alkyl halides is 3. The minimum atomic E-state index is -4.45. The van der Waals surface area contributed by atoms with E-state index in [1.807, 2.05) is 0 Å². The van der Waals surface area contributed by atoms with Crippen LogP contribution in [0.25, 0.3) is 0 Å². The SMILES string of the molecule is O=C1Nc2cc(C(F)(F)F)ccc2C1O. The van der Waals surface area contributed by atoms with Crippen LogP contribution in [0.1, 0.15) is 17.2 Å². The van der Waals surface area contributed by atoms with E-state index in [9.17, 15) is 23.1 Å². The van der Waals surface area contributed by atoms with Crippen molar-refractivity contribution < 1.29 is 23.1 Å². The number of amides is 1. The molecule has 0 aliphatic carbocycles. The van der Waals surface area contributed by atoms with Gasteiger partial charge in [0, 0.05) is 11.3 Å². The van der Waals surface area contributed by atoms with E-state index >= 15 is 0 Å². The Bertz CT molecular complexity index is 428. The van der Waals surface area contributed by atoms with Gasteiger partial charge in [-0.25, -0.2) is 0 Å². The summed E-state index contributed by atoms with van der Waals surface area (Å²) in [5.74, 6) is -0.704. The number of hydrogen-bond acceptors (Lipinski definition) is 2. The van der Waals surface area contributed by atoms with Crippen molar-refractivity contribution in [2.75, 3.05) is 5.32 Å². The topological polar surface area (TPSA) is 49.3 Å². The number of nitrogens with one attached hydrogen (secondary N) is 1. The molecule has 0 aromatic heterocycles. The first kappa shape index (κ1) is 9.97. The van der Waals surface area contributed by atoms with Crippen molar-refractivity contribution in [2.24, 2.45) is 0 Å². The Morgan fingerprint density at radius 2 is 2.00 bits per heavy atom. The van der Waals surface area contributed by atoms with Gasteiger partial charge >= 0.3 is 6.18 Å². The normalized spacial score (nSPS) is 20.0. The number of fused-ring (bicyclic) bond motifs is 1. The zero-order valence-corrected chi connectivity index (χ0v) is 7.30. The van der Waals surface area contributed by atoms with Gasteiger partial charge in [-0.05, 0) is 12.1 Å². The first-order valence-corrected chi connectivity index (χ1v) is 4.09. The van der Waals surface area contributed by atoms with Crippen LogP contribution in [0.4, 0.5) is 18.9 Å². The summed E-state index contributed by atoms with van der Waals surface area (Å²) in [5.41, 5.74) is -0.661. The van der Waals surface area contributed by atoms with Gasteiger partial charge in [-0.1, -0.05) is 6.07 Å². The van der Waals surface area contributed by atoms with Gasteiger partial charge in [-0.15, -0.1) is 0 Å². The molecule has 0 bridgehead atoms. The molecule has 1 amide bonds. The summed E-state index contributed by atoms with van der Waals surface area (Å²) in [6, 6.07) is 2.74. The smallest absolute Gasteiger partial charge is 0.378 e. The Labute approximate surface area is 82.5 Å². The number of hydrogen-bond donors (Lipinski definition) is 2. The van der Waals surface area contributed by atoms with Crippen LogP contribution in [0.2, 0.25) is 0 Å². The number of aliphatic hydroxyl groups excluding tert-OH is 1. The lowest BCUT2D eigenvalue weighted by Crippen LogP contribution is -2.10. The van der Waals surface area contributed by atoms with E-state index in [1.54, 1.807) is 0 Å². The third-order valence-corrected chi connectivity index (χ3v) is 2.18. The van der Waals surface area contributed by atoms with Crippen LogP contribution in [0.15, 0.2) is 18.2 Å². The van der Waals surface area contributed by atoms with Crippen LogP contribution in [0.3, 0.4) is 0 Å². The fraction of sp³-hybridized carbons (Fsp3) is 0.222. The van der Waals surface area contributed by atoms with Crippen molar-refractivity contribution in [3.05, 3.63) is 29.3 Å². The van der Waals surface area contributed by atoms with Crippen molar-refractivity contribution >= 4 is 11.6 Å². The molecule has 2 rings (SSSR count). The lowest BCUT2D eigenvalue weighted by Gasteiger charge is -2.08. The third-order valence-electron chi connectivity index (χ3n) is 2.18. The highest BCUT2D eigenvalue weighted by molar-refractivity contribution is 6.01. The maximum Gasteiger partial charge on any atom is 0.416 e. The molecule has 1 aromatic rings. The van der Waals surface area contributed by atoms with E-state index in [-0.39, 0.29) is 11.3 Å². The molecule has 0 saturated heterocycles. The summed E-state index contributed by atoms with van der Waals surface area (Å²) in [7, 11) is 0. The standard InChI is InChI=1S/C9H6F3NO2/c10-9(11,12)4-1-2-5-6(3-4)13-8(15)7(5)14/h1-3,7,14H,(H,13,15). The molecule has 0 spiro atoms. The summed E-state index contributed by atoms with van der Waals surface area (Å²) in [6.45, 7) is 0. The Morgan fingerprint density at radius 1 is 1.33 bits per heavy atom. The molecule has 6 heteroatoms. The Kier molecular flexibility index (Phi) is 1.97. The average molecular weight is 217 g/mol. The van der Waals surface area contributed by atoms with Crippen LogP contribution in [0, 0.1) is 0 Å². The predicted molar refractivity (Wildman–Crippen MR) is 45.0 cm³/mol. The van der Waals surface area contributed by atoms with Crippen LogP contribution in [0.5, 0.6) is 0 Å². The maximum atomic E-state index is 12.3.